The van der Waals surface area contributed by atoms with Crippen LogP contribution < -0.4 is 16.0 Å². The lowest BCUT2D eigenvalue weighted by molar-refractivity contribution is 0.112. The summed E-state index contributed by atoms with van der Waals surface area (Å²) < 4.78 is 5.86. The van der Waals surface area contributed by atoms with Crippen LogP contribution in [0, 0.1) is 0 Å². The number of nitrogen functional groups attached to an aromatic ring is 1. The largest absolute Gasteiger partial charge is 0.475 e. The van der Waals surface area contributed by atoms with E-state index in [9.17, 15) is 0 Å². The molecule has 104 valence electrons. The Morgan fingerprint density at radius 3 is 2.79 bits per heavy atom. The number of anilines is 1. The highest BCUT2D eigenvalue weighted by molar-refractivity contribution is 7.16. The van der Waals surface area contributed by atoms with Crippen molar-refractivity contribution in [2.24, 2.45) is 5.84 Å². The first kappa shape index (κ1) is 14.0. The van der Waals surface area contributed by atoms with Gasteiger partial charge in [0.25, 0.3) is 0 Å². The van der Waals surface area contributed by atoms with Crippen LogP contribution in [-0.2, 0) is 0 Å². The van der Waals surface area contributed by atoms with Crippen molar-refractivity contribution in [1.82, 2.24) is 14.9 Å². The monoisotopic (exact) mass is 281 g/mol. The molecule has 2 heterocycles. The number of hydrazine groups is 1. The third-order valence-corrected chi connectivity index (χ3v) is 4.00. The molecule has 7 heteroatoms. The third-order valence-electron chi connectivity index (χ3n) is 3.19. The lowest BCUT2D eigenvalue weighted by Crippen LogP contribution is -2.43. The zero-order valence-electron chi connectivity index (χ0n) is 11.6. The summed E-state index contributed by atoms with van der Waals surface area (Å²) in [5.41, 5.74) is 2.38. The fourth-order valence-electron chi connectivity index (χ4n) is 1.38. The van der Waals surface area contributed by atoms with Gasteiger partial charge in [0.2, 0.25) is 11.8 Å². The highest BCUT2D eigenvalue weighted by Crippen LogP contribution is 2.28. The van der Waals surface area contributed by atoms with Gasteiger partial charge in [-0.2, -0.15) is 4.98 Å². The quantitative estimate of drug-likeness (QED) is 0.641. The Labute approximate surface area is 116 Å². The number of rotatable bonds is 5. The van der Waals surface area contributed by atoms with Crippen molar-refractivity contribution in [3.63, 3.8) is 0 Å². The number of likely N-dealkylation sites (N-methyl/N-ethyl adjacent to an activating group) is 1. The van der Waals surface area contributed by atoms with Crippen molar-refractivity contribution in [3.05, 3.63) is 11.4 Å². The zero-order valence-corrected chi connectivity index (χ0v) is 12.4. The minimum absolute atomic E-state index is 0.0798. The molecule has 19 heavy (non-hydrogen) atoms. The molecule has 0 radical (unpaired) electrons. The highest BCUT2D eigenvalue weighted by Gasteiger charge is 2.22. The second kappa shape index (κ2) is 5.28. The first-order chi connectivity index (χ1) is 8.94. The Kier molecular flexibility index (Phi) is 3.88. The molecule has 0 aliphatic rings. The number of aromatic nitrogens is 2. The lowest BCUT2D eigenvalue weighted by atomic mass is 10.1. The summed E-state index contributed by atoms with van der Waals surface area (Å²) in [5, 5.41) is 2.88. The molecule has 0 saturated carbocycles. The lowest BCUT2D eigenvalue weighted by Gasteiger charge is -2.31. The van der Waals surface area contributed by atoms with Gasteiger partial charge in [-0.3, -0.25) is 5.43 Å². The van der Waals surface area contributed by atoms with E-state index < -0.39 is 0 Å². The summed E-state index contributed by atoms with van der Waals surface area (Å²) in [7, 11) is 4.05. The summed E-state index contributed by atoms with van der Waals surface area (Å²) in [6, 6.07) is 1.96. The van der Waals surface area contributed by atoms with Gasteiger partial charge in [-0.15, -0.1) is 11.3 Å². The maximum absolute atomic E-state index is 5.86. The molecule has 0 aliphatic heterocycles. The summed E-state index contributed by atoms with van der Waals surface area (Å²) in [6.07, 6.45) is 0. The molecule has 0 unspecified atom stereocenters. The Morgan fingerprint density at radius 1 is 1.42 bits per heavy atom. The average molecular weight is 281 g/mol. The van der Waals surface area contributed by atoms with E-state index in [-0.39, 0.29) is 5.54 Å². The van der Waals surface area contributed by atoms with E-state index in [1.165, 1.54) is 11.3 Å². The Morgan fingerprint density at radius 2 is 2.16 bits per heavy atom. The van der Waals surface area contributed by atoms with Gasteiger partial charge in [-0.05, 0) is 39.4 Å². The second-order valence-electron chi connectivity index (χ2n) is 5.13. The molecule has 0 saturated heterocycles. The number of hydrogen-bond acceptors (Lipinski definition) is 7. The number of nitrogens with two attached hydrogens (primary N) is 1. The molecule has 3 N–H and O–H groups in total. The van der Waals surface area contributed by atoms with E-state index in [1.54, 1.807) is 0 Å². The topological polar surface area (TPSA) is 76.3 Å². The SMILES string of the molecule is CN(C)C(C)(C)COc1nc(NN)nc2sccc12. The van der Waals surface area contributed by atoms with Crippen LogP contribution in [0.5, 0.6) is 5.88 Å². The smallest absolute Gasteiger partial charge is 0.241 e. The zero-order chi connectivity index (χ0) is 14.0. The molecule has 0 atom stereocenters. The molecule has 2 aromatic rings. The van der Waals surface area contributed by atoms with E-state index in [2.05, 4.69) is 34.1 Å². The van der Waals surface area contributed by atoms with Gasteiger partial charge in [0.1, 0.15) is 11.4 Å². The molecule has 0 aliphatic carbocycles. The average Bonchev–Trinajstić information content (AvgIpc) is 2.83. The second-order valence-corrected chi connectivity index (χ2v) is 6.03. The van der Waals surface area contributed by atoms with Crippen molar-refractivity contribution in [2.75, 3.05) is 26.1 Å². The molecule has 2 aromatic heterocycles. The normalized spacial score (nSPS) is 12.1. The van der Waals surface area contributed by atoms with Crippen molar-refractivity contribution in [1.29, 1.82) is 0 Å². The van der Waals surface area contributed by atoms with Gasteiger partial charge in [-0.25, -0.2) is 10.8 Å². The van der Waals surface area contributed by atoms with Gasteiger partial charge < -0.3 is 9.64 Å². The number of fused-ring (bicyclic) bond motifs is 1. The maximum atomic E-state index is 5.86. The van der Waals surface area contributed by atoms with Crippen LogP contribution in [-0.4, -0.2) is 41.1 Å². The van der Waals surface area contributed by atoms with Crippen LogP contribution in [0.25, 0.3) is 10.2 Å². The van der Waals surface area contributed by atoms with E-state index in [0.29, 0.717) is 18.4 Å². The van der Waals surface area contributed by atoms with Crippen molar-refractivity contribution < 1.29 is 4.74 Å². The number of ether oxygens (including phenoxy) is 1. The maximum Gasteiger partial charge on any atom is 0.241 e. The van der Waals surface area contributed by atoms with Gasteiger partial charge >= 0.3 is 0 Å². The predicted octanol–water partition coefficient (Wildman–Crippen LogP) is 1.70. The molecule has 0 fully saturated rings. The molecule has 0 amide bonds. The van der Waals surface area contributed by atoms with E-state index in [0.717, 1.165) is 10.2 Å². The van der Waals surface area contributed by atoms with Gasteiger partial charge in [0.05, 0.1) is 5.39 Å². The molecule has 2 rings (SSSR count). The molecule has 0 bridgehead atoms. The van der Waals surface area contributed by atoms with Crippen molar-refractivity contribution in [3.8, 4) is 5.88 Å². The van der Waals surface area contributed by atoms with Crippen LogP contribution >= 0.6 is 11.3 Å². The number of hydrogen-bond donors (Lipinski definition) is 2. The molecular weight excluding hydrogens is 262 g/mol. The van der Waals surface area contributed by atoms with E-state index in [1.807, 2.05) is 25.5 Å². The van der Waals surface area contributed by atoms with Crippen LogP contribution in [0.4, 0.5) is 5.95 Å². The van der Waals surface area contributed by atoms with Crippen LogP contribution in [0.1, 0.15) is 13.8 Å². The number of nitrogens with zero attached hydrogens (tertiary/aromatic N) is 3. The van der Waals surface area contributed by atoms with E-state index >= 15 is 0 Å². The summed E-state index contributed by atoms with van der Waals surface area (Å²) in [6.45, 7) is 4.76. The van der Waals surface area contributed by atoms with Gasteiger partial charge in [-0.1, -0.05) is 0 Å². The predicted molar refractivity (Wildman–Crippen MR) is 78.5 cm³/mol. The summed E-state index contributed by atoms with van der Waals surface area (Å²) >= 11 is 1.53. The molecular formula is C12H19N5OS. The fourth-order valence-corrected chi connectivity index (χ4v) is 2.13. The standard InChI is InChI=1S/C12H19N5OS/c1-12(2,17(3)4)7-18-9-8-5-6-19-10(8)15-11(14-9)16-13/h5-6H,7,13H2,1-4H3,(H,14,15,16). The van der Waals surface area contributed by atoms with Crippen LogP contribution in [0.15, 0.2) is 11.4 Å². The fraction of sp³-hybridized carbons (Fsp3) is 0.500. The van der Waals surface area contributed by atoms with Crippen LogP contribution in [0.2, 0.25) is 0 Å². The third kappa shape index (κ3) is 2.94. The molecule has 0 spiro atoms. The Balaban J connectivity index is 2.27. The van der Waals surface area contributed by atoms with Gasteiger partial charge in [0.15, 0.2) is 0 Å². The first-order valence-corrected chi connectivity index (χ1v) is 6.84. The number of nitrogens with one attached hydrogen (secondary N) is 1. The summed E-state index contributed by atoms with van der Waals surface area (Å²) in [4.78, 5) is 11.5. The van der Waals surface area contributed by atoms with E-state index in [4.69, 9.17) is 10.6 Å². The first-order valence-electron chi connectivity index (χ1n) is 5.96. The molecule has 0 aromatic carbocycles. The van der Waals surface area contributed by atoms with Gasteiger partial charge in [0, 0.05) is 5.54 Å². The summed E-state index contributed by atoms with van der Waals surface area (Å²) in [5.74, 6) is 6.31. The molecule has 6 nitrogen and oxygen atoms in total. The van der Waals surface area contributed by atoms with Crippen LogP contribution in [0.3, 0.4) is 0 Å². The minimum atomic E-state index is -0.0798. The Bertz CT molecular complexity index is 566. The number of thiophene rings is 1. The minimum Gasteiger partial charge on any atom is -0.475 e. The van der Waals surface area contributed by atoms with Crippen molar-refractivity contribution in [2.45, 2.75) is 19.4 Å². The van der Waals surface area contributed by atoms with Crippen molar-refractivity contribution >= 4 is 27.5 Å². The highest BCUT2D eigenvalue weighted by atomic mass is 32.1. The Hall–Kier alpha value is -1.44.